The summed E-state index contributed by atoms with van der Waals surface area (Å²) in [6, 6.07) is 6.74. The number of halogens is 3. The highest BCUT2D eigenvalue weighted by Gasteiger charge is 2.35. The number of alkyl halides is 3. The van der Waals surface area contributed by atoms with Gasteiger partial charge in [0.15, 0.2) is 5.65 Å². The summed E-state index contributed by atoms with van der Waals surface area (Å²) in [7, 11) is 0. The second-order valence-electron chi connectivity index (χ2n) is 5.77. The molecule has 6 heteroatoms. The van der Waals surface area contributed by atoms with Crippen molar-refractivity contribution in [3.63, 3.8) is 0 Å². The lowest BCUT2D eigenvalue weighted by molar-refractivity contribution is -0.136. The van der Waals surface area contributed by atoms with Gasteiger partial charge in [-0.15, -0.1) is 0 Å². The summed E-state index contributed by atoms with van der Waals surface area (Å²) >= 11 is 0. The minimum atomic E-state index is -4.44. The van der Waals surface area contributed by atoms with Crippen molar-refractivity contribution in [3.8, 4) is 5.69 Å². The Balaban J connectivity index is 2.36. The van der Waals surface area contributed by atoms with Gasteiger partial charge in [-0.05, 0) is 57.0 Å². The molecule has 0 spiro atoms. The van der Waals surface area contributed by atoms with Crippen LogP contribution in [0.15, 0.2) is 24.3 Å². The molecule has 0 unspecified atom stereocenters. The first kappa shape index (κ1) is 15.5. The molecule has 0 saturated carbocycles. The predicted molar refractivity (Wildman–Crippen MR) is 82.8 cm³/mol. The smallest absolute Gasteiger partial charge is 0.233 e. The van der Waals surface area contributed by atoms with E-state index in [2.05, 4.69) is 10.1 Å². The fourth-order valence-corrected chi connectivity index (χ4v) is 2.67. The fraction of sp³-hybridized carbons (Fsp3) is 0.294. The molecule has 0 aliphatic rings. The number of hydrogen-bond acceptors (Lipinski definition) is 2. The molecule has 0 atom stereocenters. The zero-order valence-electron chi connectivity index (χ0n) is 13.3. The molecule has 23 heavy (non-hydrogen) atoms. The Labute approximate surface area is 131 Å². The largest absolute Gasteiger partial charge is 0.417 e. The molecule has 0 aliphatic heterocycles. The van der Waals surface area contributed by atoms with E-state index in [0.29, 0.717) is 17.1 Å². The van der Waals surface area contributed by atoms with Crippen molar-refractivity contribution in [1.29, 1.82) is 0 Å². The summed E-state index contributed by atoms with van der Waals surface area (Å²) in [5.41, 5.74) is 3.05. The monoisotopic (exact) mass is 319 g/mol. The molecule has 120 valence electrons. The standard InChI is InChI=1S/C17H16F3N3/c1-9-5-6-13(7-10(9)2)23-16-15(12(4)22-23)14(17(18,19)20)8-11(3)21-16/h5-8H,1-4H3. The zero-order valence-corrected chi connectivity index (χ0v) is 13.3. The second-order valence-corrected chi connectivity index (χ2v) is 5.77. The summed E-state index contributed by atoms with van der Waals surface area (Å²) in [5.74, 6) is 0. The Morgan fingerprint density at radius 2 is 1.65 bits per heavy atom. The number of aromatic nitrogens is 3. The summed E-state index contributed by atoms with van der Waals surface area (Å²) in [6.45, 7) is 7.07. The van der Waals surface area contributed by atoms with E-state index in [-0.39, 0.29) is 11.0 Å². The zero-order chi connectivity index (χ0) is 16.9. The van der Waals surface area contributed by atoms with Crippen LogP contribution in [-0.2, 0) is 6.18 Å². The van der Waals surface area contributed by atoms with Gasteiger partial charge >= 0.3 is 6.18 Å². The third kappa shape index (κ3) is 2.58. The summed E-state index contributed by atoms with van der Waals surface area (Å²) < 4.78 is 41.5. The topological polar surface area (TPSA) is 30.7 Å². The van der Waals surface area contributed by atoms with Gasteiger partial charge in [-0.2, -0.15) is 18.3 Å². The highest BCUT2D eigenvalue weighted by atomic mass is 19.4. The second kappa shape index (κ2) is 5.08. The Hall–Kier alpha value is -2.37. The molecule has 0 fully saturated rings. The van der Waals surface area contributed by atoms with Gasteiger partial charge in [0.2, 0.25) is 0 Å². The van der Waals surface area contributed by atoms with E-state index in [1.54, 1.807) is 13.8 Å². The van der Waals surface area contributed by atoms with Crippen LogP contribution in [0.1, 0.15) is 28.1 Å². The Kier molecular flexibility index (Phi) is 3.43. The van der Waals surface area contributed by atoms with Crippen LogP contribution in [0.4, 0.5) is 13.2 Å². The molecule has 2 aromatic heterocycles. The maximum atomic E-state index is 13.3. The number of fused-ring (bicyclic) bond motifs is 1. The first-order chi connectivity index (χ1) is 10.7. The third-order valence-electron chi connectivity index (χ3n) is 3.98. The lowest BCUT2D eigenvalue weighted by Crippen LogP contribution is -2.08. The lowest BCUT2D eigenvalue weighted by Gasteiger charge is -2.10. The van der Waals surface area contributed by atoms with Crippen LogP contribution in [-0.4, -0.2) is 14.8 Å². The van der Waals surface area contributed by atoms with Crippen LogP contribution in [0.25, 0.3) is 16.7 Å². The molecule has 3 nitrogen and oxygen atoms in total. The van der Waals surface area contributed by atoms with Crippen LogP contribution >= 0.6 is 0 Å². The minimum Gasteiger partial charge on any atom is -0.233 e. The average molecular weight is 319 g/mol. The molecule has 0 amide bonds. The maximum absolute atomic E-state index is 13.3. The molecule has 1 aromatic carbocycles. The number of pyridine rings is 1. The van der Waals surface area contributed by atoms with Gasteiger partial charge in [-0.3, -0.25) is 0 Å². The lowest BCUT2D eigenvalue weighted by atomic mass is 10.1. The van der Waals surface area contributed by atoms with Crippen molar-refractivity contribution in [2.75, 3.05) is 0 Å². The Morgan fingerprint density at radius 3 is 2.26 bits per heavy atom. The molecular formula is C17H16F3N3. The first-order valence-corrected chi connectivity index (χ1v) is 7.20. The van der Waals surface area contributed by atoms with Gasteiger partial charge in [0, 0.05) is 5.69 Å². The van der Waals surface area contributed by atoms with E-state index < -0.39 is 11.7 Å². The molecule has 2 heterocycles. The average Bonchev–Trinajstić information content (AvgIpc) is 2.77. The van der Waals surface area contributed by atoms with Crippen molar-refractivity contribution in [2.24, 2.45) is 0 Å². The van der Waals surface area contributed by atoms with E-state index in [1.807, 2.05) is 32.0 Å². The molecular weight excluding hydrogens is 303 g/mol. The fourth-order valence-electron chi connectivity index (χ4n) is 2.67. The van der Waals surface area contributed by atoms with E-state index in [9.17, 15) is 13.2 Å². The summed E-state index contributed by atoms with van der Waals surface area (Å²) in [6.07, 6.45) is -4.44. The Bertz CT molecular complexity index is 908. The number of hydrogen-bond donors (Lipinski definition) is 0. The molecule has 0 bridgehead atoms. The van der Waals surface area contributed by atoms with Gasteiger partial charge in [-0.25, -0.2) is 9.67 Å². The van der Waals surface area contributed by atoms with Crippen LogP contribution in [0.3, 0.4) is 0 Å². The number of aryl methyl sites for hydroxylation is 4. The summed E-state index contributed by atoms with van der Waals surface area (Å²) in [5, 5.41) is 4.36. The van der Waals surface area contributed by atoms with Gasteiger partial charge in [0.1, 0.15) is 0 Å². The van der Waals surface area contributed by atoms with Gasteiger partial charge in [0.25, 0.3) is 0 Å². The van der Waals surface area contributed by atoms with Crippen molar-refractivity contribution < 1.29 is 13.2 Å². The molecule has 3 rings (SSSR count). The molecule has 3 aromatic rings. The molecule has 0 aliphatic carbocycles. The maximum Gasteiger partial charge on any atom is 0.417 e. The van der Waals surface area contributed by atoms with Crippen molar-refractivity contribution in [1.82, 2.24) is 14.8 Å². The van der Waals surface area contributed by atoms with E-state index >= 15 is 0 Å². The molecule has 0 saturated heterocycles. The number of rotatable bonds is 1. The van der Waals surface area contributed by atoms with Crippen molar-refractivity contribution in [2.45, 2.75) is 33.9 Å². The van der Waals surface area contributed by atoms with Crippen LogP contribution < -0.4 is 0 Å². The molecule has 0 radical (unpaired) electrons. The SMILES string of the molecule is Cc1cc(C(F)(F)F)c2c(C)nn(-c3ccc(C)c(C)c3)c2n1. The van der Waals surface area contributed by atoms with E-state index in [0.717, 1.165) is 17.2 Å². The highest BCUT2D eigenvalue weighted by molar-refractivity contribution is 5.84. The van der Waals surface area contributed by atoms with Gasteiger partial charge in [0.05, 0.1) is 22.3 Å². The minimum absolute atomic E-state index is 0.0568. The predicted octanol–water partition coefficient (Wildman–Crippen LogP) is 4.67. The third-order valence-corrected chi connectivity index (χ3v) is 3.98. The number of benzene rings is 1. The number of nitrogens with zero attached hydrogens (tertiary/aromatic N) is 3. The van der Waals surface area contributed by atoms with Crippen LogP contribution in [0.2, 0.25) is 0 Å². The van der Waals surface area contributed by atoms with E-state index in [1.165, 1.54) is 4.68 Å². The normalized spacial score (nSPS) is 12.1. The van der Waals surface area contributed by atoms with Crippen LogP contribution in [0.5, 0.6) is 0 Å². The van der Waals surface area contributed by atoms with E-state index in [4.69, 9.17) is 0 Å². The van der Waals surface area contributed by atoms with Gasteiger partial charge < -0.3 is 0 Å². The Morgan fingerprint density at radius 1 is 0.957 bits per heavy atom. The van der Waals surface area contributed by atoms with Crippen molar-refractivity contribution in [3.05, 3.63) is 52.3 Å². The van der Waals surface area contributed by atoms with Crippen molar-refractivity contribution >= 4 is 11.0 Å². The van der Waals surface area contributed by atoms with Crippen LogP contribution in [0, 0.1) is 27.7 Å². The molecule has 0 N–H and O–H groups in total. The van der Waals surface area contributed by atoms with Gasteiger partial charge in [-0.1, -0.05) is 6.07 Å². The first-order valence-electron chi connectivity index (χ1n) is 7.20. The quantitative estimate of drug-likeness (QED) is 0.652. The highest BCUT2D eigenvalue weighted by Crippen LogP contribution is 2.36. The summed E-state index contributed by atoms with van der Waals surface area (Å²) in [4.78, 5) is 4.30.